The predicted octanol–water partition coefficient (Wildman–Crippen LogP) is 2.76. The van der Waals surface area contributed by atoms with E-state index in [9.17, 15) is 10.1 Å². The van der Waals surface area contributed by atoms with Crippen LogP contribution in [0.15, 0.2) is 12.1 Å². The molecule has 0 aromatic carbocycles. The lowest BCUT2D eigenvalue weighted by Gasteiger charge is -2.07. The number of nitrogens with one attached hydrogen (secondary N) is 1. The molecule has 0 aliphatic carbocycles. The van der Waals surface area contributed by atoms with Crippen LogP contribution in [-0.2, 0) is 0 Å². The van der Waals surface area contributed by atoms with Crippen LogP contribution in [0, 0.1) is 23.0 Å². The lowest BCUT2D eigenvalue weighted by molar-refractivity contribution is -0.385. The van der Waals surface area contributed by atoms with Crippen LogP contribution < -0.4 is 5.32 Å². The molecule has 1 heterocycles. The largest absolute Gasteiger partial charge is 0.370 e. The SMILES string of the molecule is Cc1nc(NCCC(C)C)ccc1[N+](=O)[O-]. The van der Waals surface area contributed by atoms with Crippen molar-refractivity contribution in [3.63, 3.8) is 0 Å². The van der Waals surface area contributed by atoms with Crippen LogP contribution in [-0.4, -0.2) is 16.5 Å². The van der Waals surface area contributed by atoms with Crippen LogP contribution in [0.2, 0.25) is 0 Å². The van der Waals surface area contributed by atoms with Crippen molar-refractivity contribution < 1.29 is 4.92 Å². The van der Waals surface area contributed by atoms with Crippen LogP contribution >= 0.6 is 0 Å². The van der Waals surface area contributed by atoms with Gasteiger partial charge in [-0.15, -0.1) is 0 Å². The first-order valence-corrected chi connectivity index (χ1v) is 5.36. The fraction of sp³-hybridized carbons (Fsp3) is 0.545. The van der Waals surface area contributed by atoms with E-state index >= 15 is 0 Å². The highest BCUT2D eigenvalue weighted by atomic mass is 16.6. The highest BCUT2D eigenvalue weighted by Crippen LogP contribution is 2.17. The molecule has 0 saturated carbocycles. The highest BCUT2D eigenvalue weighted by Gasteiger charge is 2.11. The Balaban J connectivity index is 2.63. The highest BCUT2D eigenvalue weighted by molar-refractivity contribution is 5.44. The smallest absolute Gasteiger partial charge is 0.290 e. The number of hydrogen-bond acceptors (Lipinski definition) is 4. The molecule has 0 aliphatic rings. The molecule has 0 aliphatic heterocycles. The normalized spacial score (nSPS) is 10.5. The number of nitrogens with zero attached hydrogens (tertiary/aromatic N) is 2. The first kappa shape index (κ1) is 12.4. The maximum absolute atomic E-state index is 10.6. The number of hydrogen-bond donors (Lipinski definition) is 1. The number of aryl methyl sites for hydroxylation is 1. The van der Waals surface area contributed by atoms with Crippen LogP contribution in [0.4, 0.5) is 11.5 Å². The van der Waals surface area contributed by atoms with Gasteiger partial charge in [-0.3, -0.25) is 10.1 Å². The monoisotopic (exact) mass is 223 g/mol. The molecular weight excluding hydrogens is 206 g/mol. The molecule has 5 heteroatoms. The minimum absolute atomic E-state index is 0.0643. The number of aromatic nitrogens is 1. The molecule has 1 aromatic rings. The molecule has 0 saturated heterocycles. The van der Waals surface area contributed by atoms with Gasteiger partial charge in [0.2, 0.25) is 0 Å². The van der Waals surface area contributed by atoms with Gasteiger partial charge in [0.1, 0.15) is 11.5 Å². The van der Waals surface area contributed by atoms with Crippen molar-refractivity contribution in [1.29, 1.82) is 0 Å². The third-order valence-electron chi connectivity index (χ3n) is 2.28. The van der Waals surface area contributed by atoms with Crippen molar-refractivity contribution in [3.8, 4) is 0 Å². The molecule has 5 nitrogen and oxygen atoms in total. The Bertz CT molecular complexity index is 377. The van der Waals surface area contributed by atoms with Crippen molar-refractivity contribution in [2.45, 2.75) is 27.2 Å². The van der Waals surface area contributed by atoms with E-state index in [4.69, 9.17) is 0 Å². The minimum Gasteiger partial charge on any atom is -0.370 e. The quantitative estimate of drug-likeness (QED) is 0.615. The van der Waals surface area contributed by atoms with Crippen molar-refractivity contribution in [2.24, 2.45) is 5.92 Å². The Morgan fingerprint density at radius 2 is 2.19 bits per heavy atom. The molecule has 0 unspecified atom stereocenters. The zero-order valence-electron chi connectivity index (χ0n) is 9.86. The van der Waals surface area contributed by atoms with Gasteiger partial charge in [0.05, 0.1) is 4.92 Å². The summed E-state index contributed by atoms with van der Waals surface area (Å²) in [5.41, 5.74) is 0.508. The van der Waals surface area contributed by atoms with Gasteiger partial charge in [0.15, 0.2) is 0 Å². The summed E-state index contributed by atoms with van der Waals surface area (Å²) in [6.45, 7) is 6.78. The average Bonchev–Trinajstić information content (AvgIpc) is 2.16. The number of pyridine rings is 1. The van der Waals surface area contributed by atoms with E-state index in [0.717, 1.165) is 13.0 Å². The molecule has 0 amide bonds. The zero-order chi connectivity index (χ0) is 12.1. The number of anilines is 1. The molecule has 1 N–H and O–H groups in total. The van der Waals surface area contributed by atoms with Gasteiger partial charge < -0.3 is 5.32 Å². The first-order valence-electron chi connectivity index (χ1n) is 5.36. The Morgan fingerprint density at radius 1 is 1.50 bits per heavy atom. The Hall–Kier alpha value is -1.65. The maximum Gasteiger partial charge on any atom is 0.290 e. The second-order valence-electron chi connectivity index (χ2n) is 4.17. The third kappa shape index (κ3) is 3.49. The van der Waals surface area contributed by atoms with E-state index < -0.39 is 4.92 Å². The van der Waals surface area contributed by atoms with E-state index in [2.05, 4.69) is 24.1 Å². The van der Waals surface area contributed by atoms with E-state index in [0.29, 0.717) is 17.4 Å². The Morgan fingerprint density at radius 3 is 2.69 bits per heavy atom. The summed E-state index contributed by atoms with van der Waals surface area (Å²) < 4.78 is 0. The summed E-state index contributed by atoms with van der Waals surface area (Å²) in [4.78, 5) is 14.3. The summed E-state index contributed by atoms with van der Waals surface area (Å²) in [7, 11) is 0. The van der Waals surface area contributed by atoms with Crippen LogP contribution in [0.5, 0.6) is 0 Å². The molecule has 88 valence electrons. The molecule has 0 radical (unpaired) electrons. The number of rotatable bonds is 5. The topological polar surface area (TPSA) is 68.1 Å². The van der Waals surface area contributed by atoms with Gasteiger partial charge in [-0.25, -0.2) is 4.98 Å². The molecule has 0 fully saturated rings. The van der Waals surface area contributed by atoms with Gasteiger partial charge in [-0.05, 0) is 25.3 Å². The van der Waals surface area contributed by atoms with Crippen molar-refractivity contribution >= 4 is 11.5 Å². The van der Waals surface area contributed by atoms with Crippen molar-refractivity contribution in [3.05, 3.63) is 27.9 Å². The molecule has 16 heavy (non-hydrogen) atoms. The molecule has 1 rings (SSSR count). The van der Waals surface area contributed by atoms with Crippen LogP contribution in [0.3, 0.4) is 0 Å². The number of nitro groups is 1. The van der Waals surface area contributed by atoms with Gasteiger partial charge in [0.25, 0.3) is 5.69 Å². The van der Waals surface area contributed by atoms with Gasteiger partial charge in [-0.1, -0.05) is 13.8 Å². The second kappa shape index (κ2) is 5.44. The zero-order valence-corrected chi connectivity index (χ0v) is 9.86. The van der Waals surface area contributed by atoms with Crippen molar-refractivity contribution in [1.82, 2.24) is 4.98 Å². The summed E-state index contributed by atoms with van der Waals surface area (Å²) in [6, 6.07) is 3.13. The molecule has 0 spiro atoms. The standard InChI is InChI=1S/C11H17N3O2/c1-8(2)6-7-12-11-5-4-10(14(15)16)9(3)13-11/h4-5,8H,6-7H2,1-3H3,(H,12,13). The van der Waals surface area contributed by atoms with E-state index in [1.54, 1.807) is 13.0 Å². The lowest BCUT2D eigenvalue weighted by Crippen LogP contribution is -2.07. The molecular formula is C11H17N3O2. The lowest BCUT2D eigenvalue weighted by atomic mass is 10.1. The van der Waals surface area contributed by atoms with E-state index in [1.807, 2.05) is 0 Å². The summed E-state index contributed by atoms with van der Waals surface area (Å²) in [5.74, 6) is 1.33. The molecule has 0 atom stereocenters. The minimum atomic E-state index is -0.416. The van der Waals surface area contributed by atoms with Gasteiger partial charge >= 0.3 is 0 Å². The summed E-state index contributed by atoms with van der Waals surface area (Å²) in [5, 5.41) is 13.7. The van der Waals surface area contributed by atoms with E-state index in [-0.39, 0.29) is 5.69 Å². The van der Waals surface area contributed by atoms with Gasteiger partial charge in [0, 0.05) is 12.6 Å². The van der Waals surface area contributed by atoms with Crippen LogP contribution in [0.25, 0.3) is 0 Å². The van der Waals surface area contributed by atoms with Crippen LogP contribution in [0.1, 0.15) is 26.0 Å². The Kier molecular flexibility index (Phi) is 4.22. The first-order chi connectivity index (χ1) is 7.50. The molecule has 0 bridgehead atoms. The Labute approximate surface area is 95.0 Å². The molecule has 1 aromatic heterocycles. The third-order valence-corrected chi connectivity index (χ3v) is 2.28. The van der Waals surface area contributed by atoms with Gasteiger partial charge in [-0.2, -0.15) is 0 Å². The second-order valence-corrected chi connectivity index (χ2v) is 4.17. The predicted molar refractivity (Wildman–Crippen MR) is 63.6 cm³/mol. The van der Waals surface area contributed by atoms with Crippen molar-refractivity contribution in [2.75, 3.05) is 11.9 Å². The summed E-state index contributed by atoms with van der Waals surface area (Å²) >= 11 is 0. The maximum atomic E-state index is 10.6. The fourth-order valence-electron chi connectivity index (χ4n) is 1.33. The average molecular weight is 223 g/mol. The fourth-order valence-corrected chi connectivity index (χ4v) is 1.33. The summed E-state index contributed by atoms with van der Waals surface area (Å²) in [6.07, 6.45) is 1.05. The van der Waals surface area contributed by atoms with E-state index in [1.165, 1.54) is 6.07 Å².